The Morgan fingerprint density at radius 3 is 2.95 bits per heavy atom. The minimum atomic E-state index is -0.520. The second kappa shape index (κ2) is 6.98. The Morgan fingerprint density at radius 1 is 1.57 bits per heavy atom. The zero-order valence-corrected chi connectivity index (χ0v) is 12.9. The van der Waals surface area contributed by atoms with Crippen molar-refractivity contribution < 1.29 is 9.18 Å². The van der Waals surface area contributed by atoms with Crippen LogP contribution in [0.1, 0.15) is 24.4 Å². The first-order valence-electron chi connectivity index (χ1n) is 6.38. The Hall–Kier alpha value is -1.50. The quantitative estimate of drug-likeness (QED) is 0.881. The van der Waals surface area contributed by atoms with Gasteiger partial charge in [0.05, 0.1) is 11.1 Å². The van der Waals surface area contributed by atoms with Crippen LogP contribution in [0.4, 0.5) is 10.1 Å². The lowest BCUT2D eigenvalue weighted by Crippen LogP contribution is -2.24. The molecule has 2 rings (SSSR count). The van der Waals surface area contributed by atoms with E-state index in [2.05, 4.69) is 10.3 Å². The summed E-state index contributed by atoms with van der Waals surface area (Å²) in [5, 5.41) is 5.32. The molecule has 0 aliphatic heterocycles. The zero-order valence-electron chi connectivity index (χ0n) is 11.3. The Kier molecular flexibility index (Phi) is 5.27. The van der Waals surface area contributed by atoms with E-state index < -0.39 is 5.82 Å². The molecule has 2 atom stereocenters. The number of carbonyl (C=O) groups is 1. The van der Waals surface area contributed by atoms with E-state index >= 15 is 0 Å². The van der Waals surface area contributed by atoms with Crippen molar-refractivity contribution >= 4 is 34.5 Å². The van der Waals surface area contributed by atoms with E-state index in [1.54, 1.807) is 13.1 Å². The van der Waals surface area contributed by atoms with Gasteiger partial charge in [0, 0.05) is 23.2 Å². The molecule has 0 aliphatic carbocycles. The number of halogens is 2. The highest BCUT2D eigenvalue weighted by atomic mass is 35.5. The number of carbonyl (C=O) groups excluding carboxylic acids is 1. The first-order valence-corrected chi connectivity index (χ1v) is 7.64. The maximum atomic E-state index is 13.1. The smallest absolute Gasteiger partial charge is 0.227 e. The number of aromatic nitrogens is 1. The monoisotopic (exact) mass is 327 g/mol. The summed E-state index contributed by atoms with van der Waals surface area (Å²) in [6, 6.07) is 3.78. The summed E-state index contributed by atoms with van der Waals surface area (Å²) >= 11 is 7.14. The van der Waals surface area contributed by atoms with E-state index in [0.717, 1.165) is 5.01 Å². The van der Waals surface area contributed by atoms with Gasteiger partial charge in [0.25, 0.3) is 0 Å². The van der Waals surface area contributed by atoms with Gasteiger partial charge in [-0.3, -0.25) is 4.79 Å². The van der Waals surface area contributed by atoms with Crippen LogP contribution in [-0.4, -0.2) is 10.9 Å². The maximum absolute atomic E-state index is 13.1. The van der Waals surface area contributed by atoms with Gasteiger partial charge in [-0.2, -0.15) is 0 Å². The first-order chi connectivity index (χ1) is 9.97. The van der Waals surface area contributed by atoms with Crippen molar-refractivity contribution in [2.24, 2.45) is 11.7 Å². The molecule has 3 N–H and O–H groups in total. The largest absolute Gasteiger partial charge is 0.326 e. The Morgan fingerprint density at radius 2 is 2.33 bits per heavy atom. The number of nitrogens with one attached hydrogen (secondary N) is 1. The van der Waals surface area contributed by atoms with Crippen molar-refractivity contribution in [1.82, 2.24) is 4.98 Å². The first kappa shape index (κ1) is 15.9. The van der Waals surface area contributed by atoms with Crippen molar-refractivity contribution in [2.75, 3.05) is 5.32 Å². The number of nitrogens with two attached hydrogens (primary N) is 1. The van der Waals surface area contributed by atoms with Crippen molar-refractivity contribution in [3.05, 3.63) is 45.6 Å². The van der Waals surface area contributed by atoms with Crippen LogP contribution in [0, 0.1) is 11.7 Å². The number of thiazole rings is 1. The van der Waals surface area contributed by atoms with Gasteiger partial charge in [-0.05, 0) is 24.6 Å². The van der Waals surface area contributed by atoms with E-state index in [4.69, 9.17) is 17.3 Å². The van der Waals surface area contributed by atoms with Crippen molar-refractivity contribution in [3.8, 4) is 0 Å². The number of rotatable bonds is 5. The van der Waals surface area contributed by atoms with E-state index in [1.165, 1.54) is 29.5 Å². The van der Waals surface area contributed by atoms with Crippen LogP contribution in [0.3, 0.4) is 0 Å². The predicted molar refractivity (Wildman–Crippen MR) is 82.9 cm³/mol. The van der Waals surface area contributed by atoms with Gasteiger partial charge >= 0.3 is 0 Å². The molecule has 0 radical (unpaired) electrons. The maximum Gasteiger partial charge on any atom is 0.227 e. The van der Waals surface area contributed by atoms with Crippen LogP contribution < -0.4 is 11.1 Å². The van der Waals surface area contributed by atoms with Gasteiger partial charge in [-0.25, -0.2) is 9.37 Å². The summed E-state index contributed by atoms with van der Waals surface area (Å²) in [6.07, 6.45) is 2.17. The summed E-state index contributed by atoms with van der Waals surface area (Å²) < 4.78 is 13.1. The Bertz CT molecular complexity index is 621. The fourth-order valence-electron chi connectivity index (χ4n) is 1.85. The molecule has 4 nitrogen and oxygen atoms in total. The van der Waals surface area contributed by atoms with Gasteiger partial charge in [-0.15, -0.1) is 11.3 Å². The van der Waals surface area contributed by atoms with E-state index in [9.17, 15) is 9.18 Å². The van der Waals surface area contributed by atoms with E-state index in [0.29, 0.717) is 12.1 Å². The van der Waals surface area contributed by atoms with Crippen LogP contribution >= 0.6 is 22.9 Å². The molecule has 1 aromatic carbocycles. The average Bonchev–Trinajstić information content (AvgIpc) is 2.97. The van der Waals surface area contributed by atoms with Gasteiger partial charge in [0.1, 0.15) is 10.8 Å². The molecular weight excluding hydrogens is 313 g/mol. The Balaban J connectivity index is 1.94. The zero-order chi connectivity index (χ0) is 15.4. The molecule has 7 heteroatoms. The summed E-state index contributed by atoms with van der Waals surface area (Å²) in [7, 11) is 0. The van der Waals surface area contributed by atoms with Crippen LogP contribution in [-0.2, 0) is 4.79 Å². The molecule has 2 aromatic rings. The normalized spacial score (nSPS) is 13.7. The third kappa shape index (κ3) is 4.23. The number of amides is 1. The molecule has 1 heterocycles. The van der Waals surface area contributed by atoms with Crippen molar-refractivity contribution in [1.29, 1.82) is 0 Å². The molecule has 0 bridgehead atoms. The highest BCUT2D eigenvalue weighted by Crippen LogP contribution is 2.23. The second-order valence-electron chi connectivity index (χ2n) is 4.73. The molecule has 112 valence electrons. The number of hydrogen-bond donors (Lipinski definition) is 2. The number of nitrogens with zero attached hydrogens (tertiary/aromatic N) is 1. The molecule has 2 unspecified atom stereocenters. The molecule has 1 amide bonds. The van der Waals surface area contributed by atoms with Crippen molar-refractivity contribution in [3.63, 3.8) is 0 Å². The molecular formula is C14H15ClFN3OS. The molecule has 0 saturated heterocycles. The second-order valence-corrected chi connectivity index (χ2v) is 6.07. The lowest BCUT2D eigenvalue weighted by molar-refractivity contribution is -0.119. The lowest BCUT2D eigenvalue weighted by Gasteiger charge is -2.15. The van der Waals surface area contributed by atoms with Crippen LogP contribution in [0.25, 0.3) is 0 Å². The summed E-state index contributed by atoms with van der Waals surface area (Å²) in [6.45, 7) is 1.79. The minimum Gasteiger partial charge on any atom is -0.326 e. The van der Waals surface area contributed by atoms with Gasteiger partial charge < -0.3 is 11.1 Å². The van der Waals surface area contributed by atoms with Crippen LogP contribution in [0.5, 0.6) is 0 Å². The van der Waals surface area contributed by atoms with Crippen molar-refractivity contribution in [2.45, 2.75) is 19.4 Å². The summed E-state index contributed by atoms with van der Waals surface area (Å²) in [5.74, 6) is -1.01. The fraction of sp³-hybridized carbons (Fsp3) is 0.286. The number of benzene rings is 1. The topological polar surface area (TPSA) is 68.0 Å². The number of hydrogen-bond acceptors (Lipinski definition) is 4. The molecule has 21 heavy (non-hydrogen) atoms. The summed E-state index contributed by atoms with van der Waals surface area (Å²) in [5.41, 5.74) is 6.47. The Labute approximate surface area is 131 Å². The van der Waals surface area contributed by atoms with Gasteiger partial charge in [0.2, 0.25) is 5.91 Å². The average molecular weight is 328 g/mol. The SMILES string of the molecule is CC(CC(N)c1nccs1)C(=O)Nc1ccc(F)c(Cl)c1. The number of anilines is 1. The minimum absolute atomic E-state index is 0.0278. The highest BCUT2D eigenvalue weighted by molar-refractivity contribution is 7.09. The molecule has 0 aliphatic rings. The lowest BCUT2D eigenvalue weighted by atomic mass is 10.0. The van der Waals surface area contributed by atoms with Gasteiger partial charge in [0.15, 0.2) is 0 Å². The molecule has 1 aromatic heterocycles. The standard InChI is InChI=1S/C14H15ClFN3OS/c1-8(6-12(17)14-18-4-5-21-14)13(20)19-9-2-3-11(16)10(15)7-9/h2-5,7-8,12H,6,17H2,1H3,(H,19,20). The van der Waals surface area contributed by atoms with Crippen LogP contribution in [0.15, 0.2) is 29.8 Å². The summed E-state index contributed by atoms with van der Waals surface area (Å²) in [4.78, 5) is 16.2. The van der Waals surface area contributed by atoms with Crippen LogP contribution in [0.2, 0.25) is 5.02 Å². The predicted octanol–water partition coefficient (Wildman–Crippen LogP) is 3.60. The molecule has 0 spiro atoms. The van der Waals surface area contributed by atoms with Gasteiger partial charge in [-0.1, -0.05) is 18.5 Å². The highest BCUT2D eigenvalue weighted by Gasteiger charge is 2.19. The van der Waals surface area contributed by atoms with E-state index in [1.807, 2.05) is 5.38 Å². The third-order valence-corrected chi connectivity index (χ3v) is 4.21. The fourth-order valence-corrected chi connectivity index (χ4v) is 2.68. The molecule has 0 saturated carbocycles. The van der Waals surface area contributed by atoms with E-state index in [-0.39, 0.29) is 22.9 Å². The third-order valence-electron chi connectivity index (χ3n) is 3.01. The molecule has 0 fully saturated rings.